The summed E-state index contributed by atoms with van der Waals surface area (Å²) in [7, 11) is 0. The molecule has 0 atom stereocenters. The molecule has 156 valence electrons. The first-order valence-corrected chi connectivity index (χ1v) is 9.33. The molecular weight excluding hydrogens is 404 g/mol. The molecular formula is C22H17F2N5O2. The van der Waals surface area contributed by atoms with Gasteiger partial charge in [-0.25, -0.2) is 18.4 Å². The van der Waals surface area contributed by atoms with Crippen molar-refractivity contribution in [1.29, 1.82) is 0 Å². The predicted molar refractivity (Wildman–Crippen MR) is 110 cm³/mol. The molecule has 2 N–H and O–H groups in total. The highest BCUT2D eigenvalue weighted by atomic mass is 19.1. The second-order valence-electron chi connectivity index (χ2n) is 6.85. The van der Waals surface area contributed by atoms with Crippen LogP contribution in [0.3, 0.4) is 0 Å². The van der Waals surface area contributed by atoms with Gasteiger partial charge in [0.2, 0.25) is 0 Å². The molecule has 4 rings (SSSR count). The first-order valence-electron chi connectivity index (χ1n) is 9.33. The van der Waals surface area contributed by atoms with Crippen molar-refractivity contribution in [3.63, 3.8) is 0 Å². The molecule has 0 bridgehead atoms. The Balaban J connectivity index is 1.53. The highest BCUT2D eigenvalue weighted by Gasteiger charge is 2.21. The van der Waals surface area contributed by atoms with E-state index in [0.717, 1.165) is 17.5 Å². The molecule has 2 amide bonds. The molecule has 31 heavy (non-hydrogen) atoms. The number of hydrogen-bond acceptors (Lipinski definition) is 4. The minimum atomic E-state index is -0.812. The van der Waals surface area contributed by atoms with Crippen LogP contribution in [0, 0.1) is 25.5 Å². The van der Waals surface area contributed by atoms with Gasteiger partial charge in [-0.05, 0) is 38.1 Å². The third kappa shape index (κ3) is 3.85. The van der Waals surface area contributed by atoms with E-state index in [0.29, 0.717) is 16.9 Å². The Bertz CT molecular complexity index is 1330. The SMILES string of the molecule is Cc1nn(-c2ccc(F)cc2F)c(C)c1C(=O)NNC(=O)c1ccc2ccccc2n1. The number of nitrogens with one attached hydrogen (secondary N) is 2. The number of aromatic nitrogens is 3. The second kappa shape index (κ2) is 7.94. The van der Waals surface area contributed by atoms with Crippen LogP contribution >= 0.6 is 0 Å². The zero-order valence-corrected chi connectivity index (χ0v) is 16.6. The third-order valence-corrected chi connectivity index (χ3v) is 4.78. The number of fused-ring (bicyclic) bond motifs is 1. The number of pyridine rings is 1. The van der Waals surface area contributed by atoms with E-state index in [9.17, 15) is 18.4 Å². The summed E-state index contributed by atoms with van der Waals surface area (Å²) in [6, 6.07) is 13.7. The van der Waals surface area contributed by atoms with Crippen LogP contribution in [0.1, 0.15) is 32.2 Å². The number of aryl methyl sites for hydroxylation is 1. The molecule has 9 heteroatoms. The first-order chi connectivity index (χ1) is 14.8. The predicted octanol–water partition coefficient (Wildman–Crippen LogP) is 3.39. The van der Waals surface area contributed by atoms with Crippen LogP contribution in [0.15, 0.2) is 54.6 Å². The minimum Gasteiger partial charge on any atom is -0.267 e. The van der Waals surface area contributed by atoms with Gasteiger partial charge in [-0.15, -0.1) is 0 Å². The molecule has 0 aliphatic carbocycles. The molecule has 2 aromatic carbocycles. The standard InChI is InChI=1S/C22H17F2N5O2/c1-12-20(13(2)29(28-12)19-10-8-15(23)11-16(19)24)22(31)27-26-21(30)18-9-7-14-5-3-4-6-17(14)25-18/h3-11H,1-2H3,(H,26,30)(H,27,31). The highest BCUT2D eigenvalue weighted by Crippen LogP contribution is 2.20. The van der Waals surface area contributed by atoms with Crippen LogP contribution in [-0.4, -0.2) is 26.6 Å². The lowest BCUT2D eigenvalue weighted by Gasteiger charge is -2.09. The van der Waals surface area contributed by atoms with E-state index in [-0.39, 0.29) is 16.9 Å². The van der Waals surface area contributed by atoms with Gasteiger partial charge in [0.1, 0.15) is 17.2 Å². The Morgan fingerprint density at radius 2 is 1.68 bits per heavy atom. The number of rotatable bonds is 3. The number of hydrogen-bond donors (Lipinski definition) is 2. The van der Waals surface area contributed by atoms with E-state index in [4.69, 9.17) is 0 Å². The number of benzene rings is 2. The van der Waals surface area contributed by atoms with Crippen LogP contribution < -0.4 is 10.9 Å². The van der Waals surface area contributed by atoms with Crippen molar-refractivity contribution in [2.24, 2.45) is 0 Å². The summed E-state index contributed by atoms with van der Waals surface area (Å²) >= 11 is 0. The van der Waals surface area contributed by atoms with Crippen LogP contribution in [0.5, 0.6) is 0 Å². The zero-order chi connectivity index (χ0) is 22.1. The third-order valence-electron chi connectivity index (χ3n) is 4.78. The number of halogens is 2. The number of amides is 2. The summed E-state index contributed by atoms with van der Waals surface area (Å²) in [6.45, 7) is 3.15. The van der Waals surface area contributed by atoms with Gasteiger partial charge < -0.3 is 0 Å². The van der Waals surface area contributed by atoms with E-state index in [1.165, 1.54) is 10.7 Å². The maximum atomic E-state index is 14.1. The first kappa shape index (κ1) is 20.1. The van der Waals surface area contributed by atoms with Crippen molar-refractivity contribution in [2.75, 3.05) is 0 Å². The molecule has 0 fully saturated rings. The fraction of sp³-hybridized carbons (Fsp3) is 0.0909. The normalized spacial score (nSPS) is 10.8. The minimum absolute atomic E-state index is 0.00505. The molecule has 2 heterocycles. The summed E-state index contributed by atoms with van der Waals surface area (Å²) in [6.07, 6.45) is 0. The van der Waals surface area contributed by atoms with Crippen LogP contribution in [0.4, 0.5) is 8.78 Å². The fourth-order valence-corrected chi connectivity index (χ4v) is 3.29. The van der Waals surface area contributed by atoms with E-state index >= 15 is 0 Å². The Morgan fingerprint density at radius 3 is 2.45 bits per heavy atom. The van der Waals surface area contributed by atoms with Crippen LogP contribution in [0.2, 0.25) is 0 Å². The zero-order valence-electron chi connectivity index (χ0n) is 16.6. The van der Waals surface area contributed by atoms with E-state index in [1.807, 2.05) is 18.2 Å². The molecule has 0 aliphatic rings. The average molecular weight is 421 g/mol. The number of carbonyl (C=O) groups excluding carboxylic acids is 2. The maximum absolute atomic E-state index is 14.1. The number of carbonyl (C=O) groups is 2. The number of para-hydroxylation sites is 1. The second-order valence-corrected chi connectivity index (χ2v) is 6.85. The van der Waals surface area contributed by atoms with Gasteiger partial charge in [-0.1, -0.05) is 24.3 Å². The fourth-order valence-electron chi connectivity index (χ4n) is 3.29. The summed E-state index contributed by atoms with van der Waals surface area (Å²) < 4.78 is 28.6. The van der Waals surface area contributed by atoms with Crippen molar-refractivity contribution in [3.05, 3.63) is 88.9 Å². The maximum Gasteiger partial charge on any atom is 0.288 e. The topological polar surface area (TPSA) is 88.9 Å². The van der Waals surface area contributed by atoms with Gasteiger partial charge in [-0.2, -0.15) is 5.10 Å². The smallest absolute Gasteiger partial charge is 0.267 e. The Kier molecular flexibility index (Phi) is 5.16. The molecule has 0 saturated heterocycles. The molecule has 7 nitrogen and oxygen atoms in total. The van der Waals surface area contributed by atoms with Gasteiger partial charge in [0.15, 0.2) is 5.82 Å². The molecule has 0 saturated carbocycles. The van der Waals surface area contributed by atoms with Gasteiger partial charge >= 0.3 is 0 Å². The summed E-state index contributed by atoms with van der Waals surface area (Å²) in [5.41, 5.74) is 6.25. The summed E-state index contributed by atoms with van der Waals surface area (Å²) in [5, 5.41) is 5.06. The molecule has 0 unspecified atom stereocenters. The largest absolute Gasteiger partial charge is 0.288 e. The van der Waals surface area contributed by atoms with Crippen LogP contribution in [0.25, 0.3) is 16.6 Å². The average Bonchev–Trinajstić information content (AvgIpc) is 3.05. The summed E-state index contributed by atoms with van der Waals surface area (Å²) in [4.78, 5) is 29.3. The molecule has 4 aromatic rings. The monoisotopic (exact) mass is 421 g/mol. The molecule has 0 radical (unpaired) electrons. The lowest BCUT2D eigenvalue weighted by molar-refractivity contribution is 0.0843. The van der Waals surface area contributed by atoms with Crippen molar-refractivity contribution in [1.82, 2.24) is 25.6 Å². The highest BCUT2D eigenvalue weighted by molar-refractivity contribution is 6.00. The Hall–Kier alpha value is -4.14. The van der Waals surface area contributed by atoms with Gasteiger partial charge in [0, 0.05) is 11.5 Å². The molecule has 0 spiro atoms. The van der Waals surface area contributed by atoms with Crippen molar-refractivity contribution >= 4 is 22.7 Å². The summed E-state index contributed by atoms with van der Waals surface area (Å²) in [5.74, 6) is -2.75. The number of hydrazine groups is 1. The van der Waals surface area contributed by atoms with E-state index < -0.39 is 23.4 Å². The van der Waals surface area contributed by atoms with Crippen LogP contribution in [-0.2, 0) is 0 Å². The van der Waals surface area contributed by atoms with Crippen molar-refractivity contribution in [3.8, 4) is 5.69 Å². The molecule has 0 aliphatic heterocycles. The van der Waals surface area contributed by atoms with Gasteiger partial charge in [0.25, 0.3) is 11.8 Å². The van der Waals surface area contributed by atoms with Crippen molar-refractivity contribution < 1.29 is 18.4 Å². The Morgan fingerprint density at radius 1 is 0.935 bits per heavy atom. The van der Waals surface area contributed by atoms with Gasteiger partial charge in [-0.3, -0.25) is 20.4 Å². The molecule has 2 aromatic heterocycles. The van der Waals surface area contributed by atoms with E-state index in [1.54, 1.807) is 32.0 Å². The van der Waals surface area contributed by atoms with Gasteiger partial charge in [0.05, 0.1) is 22.5 Å². The quantitative estimate of drug-likeness (QED) is 0.497. The number of nitrogens with zero attached hydrogens (tertiary/aromatic N) is 3. The lowest BCUT2D eigenvalue weighted by Crippen LogP contribution is -2.42. The van der Waals surface area contributed by atoms with E-state index in [2.05, 4.69) is 20.9 Å². The Labute approximate surface area is 175 Å². The lowest BCUT2D eigenvalue weighted by atomic mass is 10.2. The van der Waals surface area contributed by atoms with Crippen molar-refractivity contribution in [2.45, 2.75) is 13.8 Å².